The molecule has 1 fully saturated rings. The summed E-state index contributed by atoms with van der Waals surface area (Å²) in [5, 5.41) is 0. The number of esters is 1. The van der Waals surface area contributed by atoms with E-state index < -0.39 is 0 Å². The molecule has 0 bridgehead atoms. The van der Waals surface area contributed by atoms with Crippen molar-refractivity contribution in [2.24, 2.45) is 0 Å². The number of unbranched alkanes of at least 4 members (excludes halogenated alkanes) is 3. The molecule has 3 heteroatoms. The fourth-order valence-electron chi connectivity index (χ4n) is 2.37. The molecule has 1 aliphatic heterocycles. The summed E-state index contributed by atoms with van der Waals surface area (Å²) in [4.78, 5) is 11.0. The first-order chi connectivity index (χ1) is 11.8. The van der Waals surface area contributed by atoms with Gasteiger partial charge in [-0.15, -0.1) is 0 Å². The summed E-state index contributed by atoms with van der Waals surface area (Å²) in [6, 6.07) is 0. The first-order valence-corrected chi connectivity index (χ1v) is 9.15. The van der Waals surface area contributed by atoms with E-state index in [4.69, 9.17) is 4.74 Å². The molecule has 0 amide bonds. The van der Waals surface area contributed by atoms with Gasteiger partial charge >= 0.3 is 5.97 Å². The molecule has 2 atom stereocenters. The van der Waals surface area contributed by atoms with Crippen LogP contribution >= 0.6 is 0 Å². The molecule has 0 unspecified atom stereocenters. The molecule has 0 aromatic carbocycles. The molecule has 1 saturated heterocycles. The standard InChI is InChI=1S/C21H32O3/c1-3-4-5-6-7-8-9-10-11-12-13-14-16-19-20(24-19)17-15-18-21(22)23-2/h7-8,10-14,16,19-20H,3-6,9,15,17-18H2,1-2H3/t19-,20-/m0/s1. The molecule has 24 heavy (non-hydrogen) atoms. The van der Waals surface area contributed by atoms with Gasteiger partial charge in [-0.2, -0.15) is 0 Å². The molecule has 0 spiro atoms. The van der Waals surface area contributed by atoms with Gasteiger partial charge in [-0.05, 0) is 32.1 Å². The number of ether oxygens (including phenoxy) is 2. The number of carbonyl (C=O) groups excluding carboxylic acids is 1. The van der Waals surface area contributed by atoms with E-state index in [1.807, 2.05) is 18.2 Å². The Bertz CT molecular complexity index is 446. The quantitative estimate of drug-likeness (QED) is 0.151. The zero-order valence-electron chi connectivity index (χ0n) is 15.2. The van der Waals surface area contributed by atoms with Gasteiger partial charge in [-0.25, -0.2) is 0 Å². The van der Waals surface area contributed by atoms with Gasteiger partial charge < -0.3 is 9.47 Å². The van der Waals surface area contributed by atoms with Crippen molar-refractivity contribution in [1.29, 1.82) is 0 Å². The fraction of sp³-hybridized carbons (Fsp3) is 0.571. The van der Waals surface area contributed by atoms with Crippen LogP contribution in [0.5, 0.6) is 0 Å². The van der Waals surface area contributed by atoms with Gasteiger partial charge in [0.1, 0.15) is 6.10 Å². The Labute approximate surface area is 147 Å². The smallest absolute Gasteiger partial charge is 0.305 e. The maximum atomic E-state index is 11.0. The third-order valence-electron chi connectivity index (χ3n) is 3.90. The van der Waals surface area contributed by atoms with Crippen molar-refractivity contribution in [2.75, 3.05) is 7.11 Å². The first-order valence-electron chi connectivity index (χ1n) is 9.15. The summed E-state index contributed by atoms with van der Waals surface area (Å²) < 4.78 is 10.1. The van der Waals surface area contributed by atoms with Gasteiger partial charge in [0.25, 0.3) is 0 Å². The molecule has 0 N–H and O–H groups in total. The van der Waals surface area contributed by atoms with Crippen LogP contribution < -0.4 is 0 Å². The number of hydrogen-bond donors (Lipinski definition) is 0. The average Bonchev–Trinajstić information content (AvgIpc) is 3.34. The van der Waals surface area contributed by atoms with Crippen molar-refractivity contribution in [3.63, 3.8) is 0 Å². The predicted molar refractivity (Wildman–Crippen MR) is 99.8 cm³/mol. The van der Waals surface area contributed by atoms with Crippen LogP contribution in [0.2, 0.25) is 0 Å². The van der Waals surface area contributed by atoms with Gasteiger partial charge in [0, 0.05) is 6.42 Å². The summed E-state index contributed by atoms with van der Waals surface area (Å²) in [6.07, 6.45) is 25.7. The molecule has 1 heterocycles. The second-order valence-electron chi connectivity index (χ2n) is 6.01. The third-order valence-corrected chi connectivity index (χ3v) is 3.90. The van der Waals surface area contributed by atoms with E-state index in [0.29, 0.717) is 6.42 Å². The minimum absolute atomic E-state index is 0.145. The maximum absolute atomic E-state index is 11.0. The van der Waals surface area contributed by atoms with Crippen molar-refractivity contribution < 1.29 is 14.3 Å². The average molecular weight is 332 g/mol. The normalized spacial score (nSPS) is 20.8. The molecule has 0 aliphatic carbocycles. The number of epoxide rings is 1. The third kappa shape index (κ3) is 11.0. The van der Waals surface area contributed by atoms with Crippen LogP contribution in [0.4, 0.5) is 0 Å². The Morgan fingerprint density at radius 1 is 1.04 bits per heavy atom. The molecule has 1 rings (SSSR count). The Morgan fingerprint density at radius 2 is 1.88 bits per heavy atom. The molecule has 0 saturated carbocycles. The molecule has 3 nitrogen and oxygen atoms in total. The van der Waals surface area contributed by atoms with Gasteiger partial charge in [0.15, 0.2) is 0 Å². The highest BCUT2D eigenvalue weighted by Gasteiger charge is 2.35. The van der Waals surface area contributed by atoms with E-state index in [0.717, 1.165) is 19.3 Å². The van der Waals surface area contributed by atoms with Crippen molar-refractivity contribution >= 4 is 5.97 Å². The lowest BCUT2D eigenvalue weighted by Gasteiger charge is -1.96. The second kappa shape index (κ2) is 13.8. The van der Waals surface area contributed by atoms with Gasteiger partial charge in [0.05, 0.1) is 13.2 Å². The van der Waals surface area contributed by atoms with Crippen LogP contribution in [-0.4, -0.2) is 25.3 Å². The summed E-state index contributed by atoms with van der Waals surface area (Å²) in [5.41, 5.74) is 0. The number of rotatable bonds is 13. The predicted octanol–water partition coefficient (Wildman–Crippen LogP) is 5.29. The van der Waals surface area contributed by atoms with E-state index >= 15 is 0 Å². The Hall–Kier alpha value is -1.61. The molecular formula is C21H32O3. The monoisotopic (exact) mass is 332 g/mol. The summed E-state index contributed by atoms with van der Waals surface area (Å²) in [7, 11) is 1.42. The number of carbonyl (C=O) groups is 1. The molecule has 0 aromatic heterocycles. The summed E-state index contributed by atoms with van der Waals surface area (Å²) in [5.74, 6) is -0.145. The van der Waals surface area contributed by atoms with Crippen LogP contribution in [0.1, 0.15) is 58.3 Å². The second-order valence-corrected chi connectivity index (χ2v) is 6.01. The van der Waals surface area contributed by atoms with Crippen LogP contribution in [-0.2, 0) is 14.3 Å². The van der Waals surface area contributed by atoms with Crippen molar-refractivity contribution in [2.45, 2.75) is 70.5 Å². The minimum Gasteiger partial charge on any atom is -0.469 e. The molecule has 0 radical (unpaired) electrons. The van der Waals surface area contributed by atoms with Gasteiger partial charge in [0.2, 0.25) is 0 Å². The summed E-state index contributed by atoms with van der Waals surface area (Å²) >= 11 is 0. The topological polar surface area (TPSA) is 38.8 Å². The highest BCUT2D eigenvalue weighted by molar-refractivity contribution is 5.68. The maximum Gasteiger partial charge on any atom is 0.305 e. The van der Waals surface area contributed by atoms with E-state index in [9.17, 15) is 4.79 Å². The number of hydrogen-bond acceptors (Lipinski definition) is 3. The van der Waals surface area contributed by atoms with Crippen LogP contribution in [0.25, 0.3) is 0 Å². The highest BCUT2D eigenvalue weighted by Crippen LogP contribution is 2.28. The Kier molecular flexibility index (Phi) is 11.7. The lowest BCUT2D eigenvalue weighted by Crippen LogP contribution is -2.01. The summed E-state index contributed by atoms with van der Waals surface area (Å²) in [6.45, 7) is 2.23. The van der Waals surface area contributed by atoms with Crippen molar-refractivity contribution in [3.8, 4) is 0 Å². The Balaban J connectivity index is 2.00. The first kappa shape index (κ1) is 20.4. The highest BCUT2D eigenvalue weighted by atomic mass is 16.6. The zero-order valence-corrected chi connectivity index (χ0v) is 15.2. The number of methoxy groups -OCH3 is 1. The molecule has 134 valence electrons. The SMILES string of the molecule is CCCCCC=CCC=CC=CC=C[C@@H]1O[C@H]1CCCC(=O)OC. The molecular weight excluding hydrogens is 300 g/mol. The molecule has 1 aliphatic rings. The largest absolute Gasteiger partial charge is 0.469 e. The lowest BCUT2D eigenvalue weighted by molar-refractivity contribution is -0.140. The van der Waals surface area contributed by atoms with E-state index in [2.05, 4.69) is 42.0 Å². The van der Waals surface area contributed by atoms with E-state index in [-0.39, 0.29) is 18.2 Å². The van der Waals surface area contributed by atoms with Gasteiger partial charge in [-0.3, -0.25) is 4.79 Å². The van der Waals surface area contributed by atoms with Crippen molar-refractivity contribution in [3.05, 3.63) is 48.6 Å². The minimum atomic E-state index is -0.145. The lowest BCUT2D eigenvalue weighted by atomic mass is 10.1. The number of allylic oxidation sites excluding steroid dienone is 7. The van der Waals surface area contributed by atoms with Crippen molar-refractivity contribution in [1.82, 2.24) is 0 Å². The van der Waals surface area contributed by atoms with Crippen LogP contribution in [0, 0.1) is 0 Å². The molecule has 0 aromatic rings. The van der Waals surface area contributed by atoms with E-state index in [1.165, 1.54) is 32.8 Å². The van der Waals surface area contributed by atoms with Crippen LogP contribution in [0.15, 0.2) is 48.6 Å². The van der Waals surface area contributed by atoms with Gasteiger partial charge in [-0.1, -0.05) is 68.4 Å². The fourth-order valence-corrected chi connectivity index (χ4v) is 2.37. The zero-order chi connectivity index (χ0) is 17.5. The Morgan fingerprint density at radius 3 is 2.67 bits per heavy atom. The van der Waals surface area contributed by atoms with E-state index in [1.54, 1.807) is 0 Å². The van der Waals surface area contributed by atoms with Crippen LogP contribution in [0.3, 0.4) is 0 Å².